The van der Waals surface area contributed by atoms with E-state index in [2.05, 4.69) is 6.58 Å². The van der Waals surface area contributed by atoms with Crippen molar-refractivity contribution in [2.45, 2.75) is 129 Å². The van der Waals surface area contributed by atoms with Crippen LogP contribution >= 0.6 is 7.37 Å². The molecule has 0 spiro atoms. The van der Waals surface area contributed by atoms with Crippen LogP contribution in [0.5, 0.6) is 0 Å². The molecule has 0 aliphatic heterocycles. The number of rotatable bonds is 24. The second-order valence-corrected chi connectivity index (χ2v) is 11.5. The third kappa shape index (κ3) is 23.9. The Balaban J connectivity index is 3.37. The molecule has 1 unspecified atom stereocenters. The summed E-state index contributed by atoms with van der Waals surface area (Å²) in [6, 6.07) is 0. The topological polar surface area (TPSA) is 63.6 Å². The van der Waals surface area contributed by atoms with Crippen LogP contribution in [0.4, 0.5) is 0 Å². The normalized spacial score (nSPS) is 13.1. The molecule has 0 bridgehead atoms. The van der Waals surface area contributed by atoms with Crippen LogP contribution in [0.1, 0.15) is 129 Å². The van der Waals surface area contributed by atoms with Crippen LogP contribution < -0.4 is 0 Å². The molecule has 0 heterocycles. The molecule has 0 aliphatic carbocycles. The zero-order valence-electron chi connectivity index (χ0n) is 20.5. The maximum atomic E-state index is 12.3. The molecule has 0 aromatic heterocycles. The molecule has 0 aromatic carbocycles. The molecule has 5 heteroatoms. The molecule has 0 saturated heterocycles. The van der Waals surface area contributed by atoms with E-state index in [1.165, 1.54) is 57.8 Å². The third-order valence-corrected chi connectivity index (χ3v) is 7.89. The molecule has 184 valence electrons. The number of allylic oxidation sites excluding steroid dienone is 1. The summed E-state index contributed by atoms with van der Waals surface area (Å²) in [5, 5.41) is 0. The number of hydrogen-bond acceptors (Lipinski definition) is 3. The summed E-state index contributed by atoms with van der Waals surface area (Å²) < 4.78 is 17.2. The van der Waals surface area contributed by atoms with Crippen LogP contribution in [0.2, 0.25) is 0 Å². The van der Waals surface area contributed by atoms with Gasteiger partial charge in [0.25, 0.3) is 0 Å². The first-order valence-corrected chi connectivity index (χ1v) is 15.1. The fourth-order valence-corrected chi connectivity index (χ4v) is 5.58. The van der Waals surface area contributed by atoms with Crippen molar-refractivity contribution in [3.8, 4) is 0 Å². The lowest BCUT2D eigenvalue weighted by atomic mass is 10.1. The first-order chi connectivity index (χ1) is 15.0. The van der Waals surface area contributed by atoms with Gasteiger partial charge in [0.2, 0.25) is 7.37 Å². The number of esters is 1. The van der Waals surface area contributed by atoms with Crippen molar-refractivity contribution >= 4 is 13.3 Å². The molecule has 0 rings (SSSR count). The SMILES string of the molecule is C=CCCCCCCCCCCCP(=O)(O)CCCCCCCCCCC(=O)OCC. The minimum absolute atomic E-state index is 0.0820. The van der Waals surface area contributed by atoms with Gasteiger partial charge >= 0.3 is 5.97 Å². The van der Waals surface area contributed by atoms with Crippen LogP contribution in [0, 0.1) is 0 Å². The Morgan fingerprint density at radius 1 is 0.742 bits per heavy atom. The molecule has 31 heavy (non-hydrogen) atoms. The Morgan fingerprint density at radius 2 is 1.13 bits per heavy atom. The van der Waals surface area contributed by atoms with E-state index in [0.29, 0.717) is 25.4 Å². The van der Waals surface area contributed by atoms with Gasteiger partial charge < -0.3 is 9.63 Å². The van der Waals surface area contributed by atoms with Gasteiger partial charge in [0.15, 0.2) is 0 Å². The highest BCUT2D eigenvalue weighted by Gasteiger charge is 2.16. The summed E-state index contributed by atoms with van der Waals surface area (Å²) in [6.07, 6.45) is 24.3. The number of carbonyl (C=O) groups excluding carboxylic acids is 1. The van der Waals surface area contributed by atoms with Gasteiger partial charge in [0, 0.05) is 18.7 Å². The number of hydrogen-bond donors (Lipinski definition) is 1. The van der Waals surface area contributed by atoms with Gasteiger partial charge in [-0.2, -0.15) is 0 Å². The lowest BCUT2D eigenvalue weighted by molar-refractivity contribution is -0.143. The smallest absolute Gasteiger partial charge is 0.305 e. The van der Waals surface area contributed by atoms with Gasteiger partial charge in [-0.3, -0.25) is 9.36 Å². The Labute approximate surface area is 193 Å². The molecule has 1 atom stereocenters. The maximum absolute atomic E-state index is 12.3. The highest BCUT2D eigenvalue weighted by molar-refractivity contribution is 7.57. The average molecular weight is 459 g/mol. The molecule has 4 nitrogen and oxygen atoms in total. The molecule has 0 fully saturated rings. The quantitative estimate of drug-likeness (QED) is 0.0682. The number of ether oxygens (including phenoxy) is 1. The van der Waals surface area contributed by atoms with E-state index in [1.54, 1.807) is 0 Å². The van der Waals surface area contributed by atoms with Crippen molar-refractivity contribution in [1.29, 1.82) is 0 Å². The second kappa shape index (κ2) is 22.6. The predicted molar refractivity (Wildman–Crippen MR) is 134 cm³/mol. The molecular weight excluding hydrogens is 407 g/mol. The lowest BCUT2D eigenvalue weighted by Crippen LogP contribution is -2.03. The number of carbonyl (C=O) groups is 1. The minimum atomic E-state index is -2.91. The zero-order chi connectivity index (χ0) is 23.0. The predicted octanol–water partition coefficient (Wildman–Crippen LogP) is 8.42. The van der Waals surface area contributed by atoms with Crippen LogP contribution in [0.3, 0.4) is 0 Å². The van der Waals surface area contributed by atoms with Gasteiger partial charge in [0.05, 0.1) is 6.61 Å². The second-order valence-electron chi connectivity index (χ2n) is 8.94. The summed E-state index contributed by atoms with van der Waals surface area (Å²) in [5.41, 5.74) is 0. The Kier molecular flexibility index (Phi) is 22.2. The summed E-state index contributed by atoms with van der Waals surface area (Å²) >= 11 is 0. The van der Waals surface area contributed by atoms with Crippen molar-refractivity contribution < 1.29 is 19.0 Å². The van der Waals surface area contributed by atoms with E-state index in [1.807, 2.05) is 13.0 Å². The van der Waals surface area contributed by atoms with Gasteiger partial charge in [0.1, 0.15) is 0 Å². The lowest BCUT2D eigenvalue weighted by Gasteiger charge is -2.11. The van der Waals surface area contributed by atoms with E-state index < -0.39 is 7.37 Å². The Hall–Kier alpha value is -0.600. The minimum Gasteiger partial charge on any atom is -0.466 e. The van der Waals surface area contributed by atoms with Crippen LogP contribution in [-0.4, -0.2) is 29.8 Å². The highest BCUT2D eigenvalue weighted by atomic mass is 31.2. The summed E-state index contributed by atoms with van der Waals surface area (Å²) in [7, 11) is -2.91. The van der Waals surface area contributed by atoms with Crippen LogP contribution in [-0.2, 0) is 14.1 Å². The highest BCUT2D eigenvalue weighted by Crippen LogP contribution is 2.42. The zero-order valence-corrected chi connectivity index (χ0v) is 21.4. The van der Waals surface area contributed by atoms with Gasteiger partial charge in [-0.15, -0.1) is 6.58 Å². The van der Waals surface area contributed by atoms with Crippen molar-refractivity contribution in [2.75, 3.05) is 18.9 Å². The summed E-state index contributed by atoms with van der Waals surface area (Å²) in [5.74, 6) is -0.0820. The molecule has 0 aromatic rings. The maximum Gasteiger partial charge on any atom is 0.305 e. The van der Waals surface area contributed by atoms with Gasteiger partial charge in [-0.1, -0.05) is 89.5 Å². The van der Waals surface area contributed by atoms with Crippen LogP contribution in [0.15, 0.2) is 12.7 Å². The molecule has 0 amide bonds. The monoisotopic (exact) mass is 458 g/mol. The van der Waals surface area contributed by atoms with E-state index in [9.17, 15) is 14.3 Å². The first-order valence-electron chi connectivity index (χ1n) is 13.1. The third-order valence-electron chi connectivity index (χ3n) is 5.86. The van der Waals surface area contributed by atoms with Crippen molar-refractivity contribution in [1.82, 2.24) is 0 Å². The van der Waals surface area contributed by atoms with Crippen molar-refractivity contribution in [2.24, 2.45) is 0 Å². The molecule has 0 aliphatic rings. The van der Waals surface area contributed by atoms with E-state index >= 15 is 0 Å². The molecular formula is C26H51O4P. The van der Waals surface area contributed by atoms with Crippen molar-refractivity contribution in [3.63, 3.8) is 0 Å². The summed E-state index contributed by atoms with van der Waals surface area (Å²) in [6.45, 7) is 6.06. The van der Waals surface area contributed by atoms with E-state index in [0.717, 1.165) is 57.8 Å². The fraction of sp³-hybridized carbons (Fsp3) is 0.885. The van der Waals surface area contributed by atoms with E-state index in [4.69, 9.17) is 4.74 Å². The van der Waals surface area contributed by atoms with Crippen LogP contribution in [0.25, 0.3) is 0 Å². The Bertz CT molecular complexity index is 464. The standard InChI is InChI=1S/C26H51O4P/c1-3-5-6-7-8-9-10-12-15-18-21-24-31(28,29)25-22-19-16-13-11-14-17-20-23-26(27)30-4-2/h3H,1,4-25H2,2H3,(H,28,29). The summed E-state index contributed by atoms with van der Waals surface area (Å²) in [4.78, 5) is 21.4. The van der Waals surface area contributed by atoms with Gasteiger partial charge in [-0.05, 0) is 39.0 Å². The largest absolute Gasteiger partial charge is 0.466 e. The molecule has 0 saturated carbocycles. The fourth-order valence-electron chi connectivity index (χ4n) is 3.92. The number of unbranched alkanes of at least 4 members (excludes halogenated alkanes) is 16. The van der Waals surface area contributed by atoms with Gasteiger partial charge in [-0.25, -0.2) is 0 Å². The molecule has 1 N–H and O–H groups in total. The molecule has 0 radical (unpaired) electrons. The van der Waals surface area contributed by atoms with E-state index in [-0.39, 0.29) is 5.97 Å². The van der Waals surface area contributed by atoms with Crippen molar-refractivity contribution in [3.05, 3.63) is 12.7 Å². The first kappa shape index (κ1) is 30.4. The Morgan fingerprint density at radius 3 is 1.55 bits per heavy atom. The average Bonchev–Trinajstić information content (AvgIpc) is 2.73.